The van der Waals surface area contributed by atoms with Crippen LogP contribution in [-0.2, 0) is 0 Å². The lowest BCUT2D eigenvalue weighted by atomic mass is 9.96. The van der Waals surface area contributed by atoms with Crippen LogP contribution in [0.25, 0.3) is 10.6 Å². The van der Waals surface area contributed by atoms with E-state index >= 15 is 0 Å². The molecule has 1 aromatic carbocycles. The molecule has 3 rings (SSSR count). The standard InChI is InChI=1S/C23H24ClN5O2S/c1-3-14(9-11-25)19(26)20-22(31-4-2)29-23(32-20)15-10-12-27-18(13-15)28-21(30)16-7-5-6-8-17(16)24/h5-8,10-14,25-26H,3-4,9H2,1-2H3,(H,27,28,30). The molecule has 2 heterocycles. The van der Waals surface area contributed by atoms with Crippen LogP contribution in [0.1, 0.15) is 41.9 Å². The molecule has 32 heavy (non-hydrogen) atoms. The first-order valence-corrected chi connectivity index (χ1v) is 11.4. The fourth-order valence-electron chi connectivity index (χ4n) is 3.11. The molecule has 1 atom stereocenters. The Bertz CT molecular complexity index is 1130. The van der Waals surface area contributed by atoms with E-state index < -0.39 is 0 Å². The van der Waals surface area contributed by atoms with Crippen molar-refractivity contribution < 1.29 is 9.53 Å². The molecule has 0 saturated carbocycles. The predicted octanol–water partition coefficient (Wildman–Crippen LogP) is 5.94. The monoisotopic (exact) mass is 469 g/mol. The van der Waals surface area contributed by atoms with Crippen molar-refractivity contribution in [3.05, 3.63) is 58.1 Å². The van der Waals surface area contributed by atoms with Gasteiger partial charge in [0.25, 0.3) is 5.91 Å². The zero-order chi connectivity index (χ0) is 23.1. The minimum atomic E-state index is -0.353. The molecule has 3 aromatic rings. The fraction of sp³-hybridized carbons (Fsp3) is 0.261. The van der Waals surface area contributed by atoms with E-state index in [1.54, 1.807) is 42.6 Å². The van der Waals surface area contributed by atoms with Gasteiger partial charge in [0.15, 0.2) is 0 Å². The normalized spacial score (nSPS) is 11.6. The van der Waals surface area contributed by atoms with Crippen molar-refractivity contribution in [1.29, 1.82) is 10.8 Å². The first-order chi connectivity index (χ1) is 15.5. The number of hydrogen-bond acceptors (Lipinski definition) is 7. The van der Waals surface area contributed by atoms with Gasteiger partial charge < -0.3 is 20.9 Å². The van der Waals surface area contributed by atoms with Gasteiger partial charge in [-0.2, -0.15) is 0 Å². The molecule has 0 aliphatic heterocycles. The van der Waals surface area contributed by atoms with Gasteiger partial charge >= 0.3 is 0 Å². The Kier molecular flexibility index (Phi) is 8.08. The van der Waals surface area contributed by atoms with Crippen LogP contribution >= 0.6 is 22.9 Å². The molecule has 0 bridgehead atoms. The molecular formula is C23H24ClN5O2S. The number of rotatable bonds is 10. The van der Waals surface area contributed by atoms with Crippen LogP contribution in [0.3, 0.4) is 0 Å². The van der Waals surface area contributed by atoms with E-state index in [0.717, 1.165) is 12.0 Å². The summed E-state index contributed by atoms with van der Waals surface area (Å²) in [6.07, 6.45) is 4.18. The number of ether oxygens (including phenoxy) is 1. The maximum Gasteiger partial charge on any atom is 0.258 e. The zero-order valence-electron chi connectivity index (χ0n) is 17.8. The number of nitrogens with zero attached hydrogens (tertiary/aromatic N) is 2. The number of amides is 1. The summed E-state index contributed by atoms with van der Waals surface area (Å²) in [5.41, 5.74) is 1.53. The third-order valence-electron chi connectivity index (χ3n) is 4.79. The van der Waals surface area contributed by atoms with E-state index in [0.29, 0.717) is 50.9 Å². The average Bonchev–Trinajstić information content (AvgIpc) is 3.21. The Morgan fingerprint density at radius 2 is 2.09 bits per heavy atom. The molecule has 166 valence electrons. The van der Waals surface area contributed by atoms with Crippen molar-refractivity contribution in [2.24, 2.45) is 5.92 Å². The van der Waals surface area contributed by atoms with Gasteiger partial charge in [0.2, 0.25) is 5.88 Å². The second kappa shape index (κ2) is 11.0. The van der Waals surface area contributed by atoms with E-state index in [4.69, 9.17) is 27.2 Å². The summed E-state index contributed by atoms with van der Waals surface area (Å²) in [4.78, 5) is 22.1. The van der Waals surface area contributed by atoms with Crippen LogP contribution in [0, 0.1) is 16.7 Å². The molecule has 3 N–H and O–H groups in total. The molecule has 7 nitrogen and oxygen atoms in total. The van der Waals surface area contributed by atoms with Crippen molar-refractivity contribution in [2.75, 3.05) is 11.9 Å². The van der Waals surface area contributed by atoms with Gasteiger partial charge in [-0.3, -0.25) is 4.79 Å². The lowest BCUT2D eigenvalue weighted by molar-refractivity contribution is 0.102. The highest BCUT2D eigenvalue weighted by atomic mass is 35.5. The van der Waals surface area contributed by atoms with Crippen molar-refractivity contribution >= 4 is 46.6 Å². The molecule has 1 unspecified atom stereocenters. The smallest absolute Gasteiger partial charge is 0.258 e. The number of pyridine rings is 1. The van der Waals surface area contributed by atoms with Crippen LogP contribution in [0.4, 0.5) is 5.82 Å². The molecule has 1 amide bonds. The number of halogens is 1. The second-order valence-electron chi connectivity index (χ2n) is 6.91. The van der Waals surface area contributed by atoms with Crippen molar-refractivity contribution in [1.82, 2.24) is 9.97 Å². The molecule has 0 saturated heterocycles. The maximum atomic E-state index is 12.6. The molecule has 9 heteroatoms. The largest absolute Gasteiger partial charge is 0.477 e. The van der Waals surface area contributed by atoms with Crippen LogP contribution in [-0.4, -0.2) is 34.4 Å². The van der Waals surface area contributed by atoms with Gasteiger partial charge in [0.05, 0.1) is 22.9 Å². The van der Waals surface area contributed by atoms with Crippen molar-refractivity contribution in [3.63, 3.8) is 0 Å². The van der Waals surface area contributed by atoms with Crippen molar-refractivity contribution in [3.8, 4) is 16.5 Å². The number of aromatic nitrogens is 2. The summed E-state index contributed by atoms with van der Waals surface area (Å²) in [6, 6.07) is 10.3. The summed E-state index contributed by atoms with van der Waals surface area (Å²) in [5.74, 6) is 0.365. The summed E-state index contributed by atoms with van der Waals surface area (Å²) in [6.45, 7) is 4.30. The Morgan fingerprint density at radius 1 is 1.31 bits per heavy atom. The van der Waals surface area contributed by atoms with Crippen LogP contribution in [0.2, 0.25) is 5.02 Å². The van der Waals surface area contributed by atoms with Gasteiger partial charge in [0, 0.05) is 17.7 Å². The molecule has 0 fully saturated rings. The zero-order valence-corrected chi connectivity index (χ0v) is 19.4. The van der Waals surface area contributed by atoms with Gasteiger partial charge in [-0.1, -0.05) is 30.7 Å². The van der Waals surface area contributed by atoms with E-state index in [1.165, 1.54) is 17.6 Å². The quantitative estimate of drug-likeness (QED) is 0.319. The third kappa shape index (κ3) is 5.38. The Labute approximate surface area is 195 Å². The topological polar surface area (TPSA) is 112 Å². The minimum absolute atomic E-state index is 0.0667. The van der Waals surface area contributed by atoms with Crippen LogP contribution in [0.15, 0.2) is 42.6 Å². The first-order valence-electron chi connectivity index (χ1n) is 10.2. The number of hydrogen-bond donors (Lipinski definition) is 3. The Hall–Kier alpha value is -3.10. The molecule has 0 spiro atoms. The number of nitrogens with one attached hydrogen (secondary N) is 3. The highest BCUT2D eigenvalue weighted by molar-refractivity contribution is 7.17. The van der Waals surface area contributed by atoms with Gasteiger partial charge in [-0.15, -0.1) is 11.3 Å². The van der Waals surface area contributed by atoms with Gasteiger partial charge in [0.1, 0.15) is 15.7 Å². The molecule has 0 aliphatic rings. The van der Waals surface area contributed by atoms with E-state index in [9.17, 15) is 4.79 Å². The van der Waals surface area contributed by atoms with Gasteiger partial charge in [-0.25, -0.2) is 9.97 Å². The van der Waals surface area contributed by atoms with Crippen molar-refractivity contribution in [2.45, 2.75) is 26.7 Å². The van der Waals surface area contributed by atoms with E-state index in [-0.39, 0.29) is 11.8 Å². The average molecular weight is 470 g/mol. The van der Waals surface area contributed by atoms with E-state index in [1.807, 2.05) is 13.8 Å². The molecule has 2 aromatic heterocycles. The molecule has 0 radical (unpaired) electrons. The van der Waals surface area contributed by atoms with Crippen LogP contribution in [0.5, 0.6) is 5.88 Å². The van der Waals surface area contributed by atoms with E-state index in [2.05, 4.69) is 15.3 Å². The Balaban J connectivity index is 1.90. The lowest BCUT2D eigenvalue weighted by Gasteiger charge is -2.13. The van der Waals surface area contributed by atoms with Gasteiger partial charge in [-0.05, 0) is 50.2 Å². The fourth-order valence-corrected chi connectivity index (χ4v) is 4.37. The summed E-state index contributed by atoms with van der Waals surface area (Å²) in [7, 11) is 0. The number of carbonyl (C=O) groups is 1. The summed E-state index contributed by atoms with van der Waals surface area (Å²) < 4.78 is 5.70. The summed E-state index contributed by atoms with van der Waals surface area (Å²) >= 11 is 7.47. The number of thiazole rings is 1. The third-order valence-corrected chi connectivity index (χ3v) is 6.24. The predicted molar refractivity (Wildman–Crippen MR) is 130 cm³/mol. The number of carbonyl (C=O) groups excluding carboxylic acids is 1. The highest BCUT2D eigenvalue weighted by Gasteiger charge is 2.23. The Morgan fingerprint density at radius 3 is 2.78 bits per heavy atom. The minimum Gasteiger partial charge on any atom is -0.477 e. The van der Waals surface area contributed by atoms with Crippen LogP contribution < -0.4 is 10.1 Å². The SMILES string of the molecule is CCOc1nc(-c2ccnc(NC(=O)c3ccccc3Cl)c2)sc1C(=N)C(CC)CC=N. The number of benzene rings is 1. The molecule has 0 aliphatic carbocycles. The molecular weight excluding hydrogens is 446 g/mol. The highest BCUT2D eigenvalue weighted by Crippen LogP contribution is 2.35. The maximum absolute atomic E-state index is 12.6. The summed E-state index contributed by atoms with van der Waals surface area (Å²) in [5, 5.41) is 19.8. The first kappa shape index (κ1) is 23.6. The second-order valence-corrected chi connectivity index (χ2v) is 8.31. The lowest BCUT2D eigenvalue weighted by Crippen LogP contribution is -2.14. The number of anilines is 1.